The zero-order valence-corrected chi connectivity index (χ0v) is 14.3. The van der Waals surface area contributed by atoms with E-state index in [4.69, 9.17) is 27.6 Å². The number of aromatic nitrogens is 2. The van der Waals surface area contributed by atoms with Crippen molar-refractivity contribution in [2.24, 2.45) is 0 Å². The van der Waals surface area contributed by atoms with Crippen molar-refractivity contribution in [2.75, 3.05) is 0 Å². The number of rotatable bonds is 5. The zero-order chi connectivity index (χ0) is 16.1. The molecule has 0 aliphatic carbocycles. The number of benzene rings is 2. The fraction of sp³-hybridized carbons (Fsp3) is 0.0588. The van der Waals surface area contributed by atoms with E-state index in [2.05, 4.69) is 10.2 Å². The predicted molar refractivity (Wildman–Crippen MR) is 95.7 cm³/mol. The second kappa shape index (κ2) is 7.68. The van der Waals surface area contributed by atoms with Gasteiger partial charge in [0.2, 0.25) is 5.89 Å². The van der Waals surface area contributed by atoms with Crippen molar-refractivity contribution in [3.63, 3.8) is 0 Å². The summed E-state index contributed by atoms with van der Waals surface area (Å²) >= 11 is 13.4. The highest BCUT2D eigenvalue weighted by atomic mass is 35.5. The van der Waals surface area contributed by atoms with Gasteiger partial charge in [-0.15, -0.1) is 10.2 Å². The maximum absolute atomic E-state index is 6.00. The Morgan fingerprint density at radius 2 is 1.78 bits per heavy atom. The summed E-state index contributed by atoms with van der Waals surface area (Å²) in [4.78, 5) is 0. The molecule has 0 saturated heterocycles. The lowest BCUT2D eigenvalue weighted by atomic mass is 10.2. The molecule has 0 atom stereocenters. The number of thioether (sulfide) groups is 1. The third kappa shape index (κ3) is 4.61. The van der Waals surface area contributed by atoms with Crippen LogP contribution >= 0.6 is 35.0 Å². The fourth-order valence-electron chi connectivity index (χ4n) is 1.85. The first-order valence-electron chi connectivity index (χ1n) is 6.84. The average Bonchev–Trinajstić information content (AvgIpc) is 3.03. The third-order valence-corrected chi connectivity index (χ3v) is 4.61. The second-order valence-electron chi connectivity index (χ2n) is 4.69. The first-order valence-corrected chi connectivity index (χ1v) is 8.58. The molecule has 0 amide bonds. The zero-order valence-electron chi connectivity index (χ0n) is 11.9. The van der Waals surface area contributed by atoms with Crippen LogP contribution in [0.3, 0.4) is 0 Å². The molecule has 3 nitrogen and oxygen atoms in total. The SMILES string of the molecule is Clc1ccc(CSc2nnc(/C=C/c3ccccc3)o2)cc1Cl. The van der Waals surface area contributed by atoms with E-state index in [-0.39, 0.29) is 0 Å². The Bertz CT molecular complexity index is 818. The van der Waals surface area contributed by atoms with Crippen LogP contribution in [-0.2, 0) is 5.75 Å². The van der Waals surface area contributed by atoms with Gasteiger partial charge in [-0.25, -0.2) is 0 Å². The highest BCUT2D eigenvalue weighted by molar-refractivity contribution is 7.98. The van der Waals surface area contributed by atoms with Crippen LogP contribution in [-0.4, -0.2) is 10.2 Å². The van der Waals surface area contributed by atoms with Gasteiger partial charge in [0, 0.05) is 11.8 Å². The van der Waals surface area contributed by atoms with Crippen LogP contribution in [0.1, 0.15) is 17.0 Å². The van der Waals surface area contributed by atoms with E-state index in [0.29, 0.717) is 26.9 Å². The minimum Gasteiger partial charge on any atom is -0.412 e. The van der Waals surface area contributed by atoms with Gasteiger partial charge in [0.05, 0.1) is 10.0 Å². The summed E-state index contributed by atoms with van der Waals surface area (Å²) in [6, 6.07) is 15.5. The monoisotopic (exact) mass is 362 g/mol. The highest BCUT2D eigenvalue weighted by Crippen LogP contribution is 2.27. The molecule has 23 heavy (non-hydrogen) atoms. The maximum atomic E-state index is 6.00. The van der Waals surface area contributed by atoms with E-state index in [1.54, 1.807) is 12.1 Å². The van der Waals surface area contributed by atoms with E-state index in [1.165, 1.54) is 11.8 Å². The summed E-state index contributed by atoms with van der Waals surface area (Å²) in [5.41, 5.74) is 2.12. The molecular formula is C17H12Cl2N2OS. The molecule has 0 unspecified atom stereocenters. The summed E-state index contributed by atoms with van der Waals surface area (Å²) in [6.45, 7) is 0. The van der Waals surface area contributed by atoms with E-state index in [9.17, 15) is 0 Å². The van der Waals surface area contributed by atoms with Crippen molar-refractivity contribution in [3.05, 3.63) is 75.6 Å². The normalized spacial score (nSPS) is 11.2. The Kier molecular flexibility index (Phi) is 5.39. The number of hydrogen-bond acceptors (Lipinski definition) is 4. The van der Waals surface area contributed by atoms with Gasteiger partial charge in [-0.1, -0.05) is 71.4 Å². The van der Waals surface area contributed by atoms with Crippen molar-refractivity contribution >= 4 is 47.1 Å². The molecule has 1 aromatic heterocycles. The minimum absolute atomic E-state index is 0.477. The van der Waals surface area contributed by atoms with Crippen LogP contribution in [0.5, 0.6) is 0 Å². The third-order valence-electron chi connectivity index (χ3n) is 2.99. The molecule has 0 N–H and O–H groups in total. The molecule has 1 heterocycles. The molecule has 3 rings (SSSR count). The Balaban J connectivity index is 1.61. The Morgan fingerprint density at radius 3 is 2.57 bits per heavy atom. The molecule has 3 aromatic rings. The Labute approximate surface area is 148 Å². The van der Waals surface area contributed by atoms with Crippen LogP contribution < -0.4 is 0 Å². The molecule has 6 heteroatoms. The van der Waals surface area contributed by atoms with Crippen molar-refractivity contribution < 1.29 is 4.42 Å². The molecule has 0 fully saturated rings. The van der Waals surface area contributed by atoms with Crippen LogP contribution in [0.4, 0.5) is 0 Å². The van der Waals surface area contributed by atoms with Crippen LogP contribution in [0, 0.1) is 0 Å². The van der Waals surface area contributed by atoms with Gasteiger partial charge in [-0.3, -0.25) is 0 Å². The van der Waals surface area contributed by atoms with E-state index in [1.807, 2.05) is 48.5 Å². The van der Waals surface area contributed by atoms with Gasteiger partial charge in [-0.05, 0) is 29.3 Å². The van der Waals surface area contributed by atoms with Crippen molar-refractivity contribution in [2.45, 2.75) is 11.0 Å². The highest BCUT2D eigenvalue weighted by Gasteiger charge is 2.06. The second-order valence-corrected chi connectivity index (χ2v) is 6.43. The Morgan fingerprint density at radius 1 is 0.957 bits per heavy atom. The minimum atomic E-state index is 0.477. The molecule has 2 aromatic carbocycles. The fourth-order valence-corrected chi connectivity index (χ4v) is 2.89. The lowest BCUT2D eigenvalue weighted by Crippen LogP contribution is -1.81. The lowest BCUT2D eigenvalue weighted by molar-refractivity contribution is 0.446. The molecule has 0 saturated carbocycles. The predicted octanol–water partition coefficient (Wildman–Crippen LogP) is 5.84. The largest absolute Gasteiger partial charge is 0.412 e. The van der Waals surface area contributed by atoms with E-state index >= 15 is 0 Å². The smallest absolute Gasteiger partial charge is 0.277 e. The van der Waals surface area contributed by atoms with Gasteiger partial charge in [0.25, 0.3) is 5.22 Å². The Hall–Kier alpha value is -1.75. The van der Waals surface area contributed by atoms with Gasteiger partial charge in [0.15, 0.2) is 0 Å². The summed E-state index contributed by atoms with van der Waals surface area (Å²) in [6.07, 6.45) is 3.73. The summed E-state index contributed by atoms with van der Waals surface area (Å²) in [7, 11) is 0. The van der Waals surface area contributed by atoms with Crippen molar-refractivity contribution in [3.8, 4) is 0 Å². The first-order chi connectivity index (χ1) is 11.2. The number of halogens is 2. The van der Waals surface area contributed by atoms with Crippen LogP contribution in [0.2, 0.25) is 10.0 Å². The van der Waals surface area contributed by atoms with Crippen LogP contribution in [0.15, 0.2) is 58.2 Å². The van der Waals surface area contributed by atoms with Gasteiger partial charge in [-0.2, -0.15) is 0 Å². The van der Waals surface area contributed by atoms with Gasteiger partial charge in [0.1, 0.15) is 0 Å². The summed E-state index contributed by atoms with van der Waals surface area (Å²) in [5.74, 6) is 1.16. The first kappa shape index (κ1) is 16.1. The molecule has 0 aliphatic heterocycles. The molecular weight excluding hydrogens is 351 g/mol. The average molecular weight is 363 g/mol. The maximum Gasteiger partial charge on any atom is 0.277 e. The van der Waals surface area contributed by atoms with Gasteiger partial charge < -0.3 is 4.42 Å². The summed E-state index contributed by atoms with van der Waals surface area (Å²) in [5, 5.41) is 9.63. The molecule has 0 spiro atoms. The van der Waals surface area contributed by atoms with E-state index < -0.39 is 0 Å². The molecule has 0 bridgehead atoms. The van der Waals surface area contributed by atoms with Gasteiger partial charge >= 0.3 is 0 Å². The van der Waals surface area contributed by atoms with E-state index in [0.717, 1.165) is 11.1 Å². The molecule has 0 aliphatic rings. The number of nitrogens with zero attached hydrogens (tertiary/aromatic N) is 2. The van der Waals surface area contributed by atoms with Crippen LogP contribution in [0.25, 0.3) is 12.2 Å². The lowest BCUT2D eigenvalue weighted by Gasteiger charge is -2.00. The topological polar surface area (TPSA) is 38.9 Å². The quantitative estimate of drug-likeness (QED) is 0.534. The van der Waals surface area contributed by atoms with Crippen molar-refractivity contribution in [1.82, 2.24) is 10.2 Å². The molecule has 0 radical (unpaired) electrons. The molecule has 116 valence electrons. The standard InChI is InChI=1S/C17H12Cl2N2OS/c18-14-8-6-13(10-15(14)19)11-23-17-21-20-16(22-17)9-7-12-4-2-1-3-5-12/h1-10H,11H2/b9-7+. The summed E-state index contributed by atoms with van der Waals surface area (Å²) < 4.78 is 5.58. The number of hydrogen-bond donors (Lipinski definition) is 0. The van der Waals surface area contributed by atoms with Crippen molar-refractivity contribution in [1.29, 1.82) is 0 Å².